The number of nitrogens with two attached hydrogens (primary N) is 1. The summed E-state index contributed by atoms with van der Waals surface area (Å²) in [6.07, 6.45) is 3.31. The topological polar surface area (TPSA) is 49.5 Å². The second kappa shape index (κ2) is 5.51. The average Bonchev–Trinajstić information content (AvgIpc) is 2.53. The van der Waals surface area contributed by atoms with E-state index in [0.717, 1.165) is 31.8 Å². The predicted octanol–water partition coefficient (Wildman–Crippen LogP) is 0.0395. The van der Waals surface area contributed by atoms with Crippen molar-refractivity contribution in [3.8, 4) is 0 Å². The van der Waals surface area contributed by atoms with E-state index in [1.54, 1.807) is 0 Å². The zero-order chi connectivity index (χ0) is 8.81. The van der Waals surface area contributed by atoms with Gasteiger partial charge in [-0.05, 0) is 44.8 Å². The molecule has 0 aliphatic carbocycles. The first-order chi connectivity index (χ1) is 5.86. The monoisotopic (exact) mass is 172 g/mol. The summed E-state index contributed by atoms with van der Waals surface area (Å²) in [6.45, 7) is 4.66. The lowest BCUT2D eigenvalue weighted by atomic mass is 10.1. The molecule has 1 unspecified atom stereocenters. The first kappa shape index (κ1) is 9.96. The Hall–Kier alpha value is -0.120. The minimum absolute atomic E-state index is 0.328. The van der Waals surface area contributed by atoms with E-state index in [4.69, 9.17) is 10.8 Å². The van der Waals surface area contributed by atoms with Gasteiger partial charge >= 0.3 is 0 Å². The van der Waals surface area contributed by atoms with Gasteiger partial charge in [0.2, 0.25) is 0 Å². The minimum atomic E-state index is 0.328. The molecule has 0 aromatic rings. The van der Waals surface area contributed by atoms with Crippen molar-refractivity contribution in [3.63, 3.8) is 0 Å². The van der Waals surface area contributed by atoms with Crippen molar-refractivity contribution in [1.82, 2.24) is 4.90 Å². The SMILES string of the molecule is NCC1CCN(CCCCO)C1. The highest BCUT2D eigenvalue weighted by Gasteiger charge is 2.19. The quantitative estimate of drug-likeness (QED) is 0.576. The number of hydrogen-bond donors (Lipinski definition) is 2. The Balaban J connectivity index is 2.03. The number of rotatable bonds is 5. The highest BCUT2D eigenvalue weighted by Crippen LogP contribution is 2.14. The van der Waals surface area contributed by atoms with E-state index in [1.165, 1.54) is 19.5 Å². The van der Waals surface area contributed by atoms with E-state index in [2.05, 4.69) is 4.90 Å². The third-order valence-corrected chi connectivity index (χ3v) is 2.59. The third kappa shape index (κ3) is 3.09. The van der Waals surface area contributed by atoms with Gasteiger partial charge in [0.1, 0.15) is 0 Å². The number of likely N-dealkylation sites (tertiary alicyclic amines) is 1. The Morgan fingerprint density at radius 3 is 2.83 bits per heavy atom. The summed E-state index contributed by atoms with van der Waals surface area (Å²) in [7, 11) is 0. The van der Waals surface area contributed by atoms with Gasteiger partial charge in [-0.25, -0.2) is 0 Å². The lowest BCUT2D eigenvalue weighted by Crippen LogP contribution is -2.24. The molecule has 1 saturated heterocycles. The summed E-state index contributed by atoms with van der Waals surface area (Å²) in [5, 5.41) is 8.60. The normalized spacial score (nSPS) is 25.0. The molecule has 0 aromatic heterocycles. The maximum absolute atomic E-state index is 8.60. The number of hydrogen-bond acceptors (Lipinski definition) is 3. The number of nitrogens with zero attached hydrogens (tertiary/aromatic N) is 1. The van der Waals surface area contributed by atoms with Crippen LogP contribution in [0.4, 0.5) is 0 Å². The van der Waals surface area contributed by atoms with Gasteiger partial charge in [0.15, 0.2) is 0 Å². The van der Waals surface area contributed by atoms with Gasteiger partial charge in [0.05, 0.1) is 0 Å². The molecule has 1 aliphatic heterocycles. The van der Waals surface area contributed by atoms with E-state index in [0.29, 0.717) is 6.61 Å². The van der Waals surface area contributed by atoms with Crippen LogP contribution in [0.25, 0.3) is 0 Å². The largest absolute Gasteiger partial charge is 0.396 e. The van der Waals surface area contributed by atoms with E-state index in [1.807, 2.05) is 0 Å². The van der Waals surface area contributed by atoms with Gasteiger partial charge < -0.3 is 15.7 Å². The minimum Gasteiger partial charge on any atom is -0.396 e. The molecule has 1 aliphatic rings. The van der Waals surface area contributed by atoms with E-state index in [9.17, 15) is 0 Å². The van der Waals surface area contributed by atoms with Crippen LogP contribution in [0.3, 0.4) is 0 Å². The van der Waals surface area contributed by atoms with Crippen molar-refractivity contribution in [2.75, 3.05) is 32.8 Å². The summed E-state index contributed by atoms with van der Waals surface area (Å²) in [5.74, 6) is 0.721. The fraction of sp³-hybridized carbons (Fsp3) is 1.00. The molecule has 72 valence electrons. The second-order valence-corrected chi connectivity index (χ2v) is 3.62. The molecule has 0 saturated carbocycles. The maximum atomic E-state index is 8.60. The fourth-order valence-electron chi connectivity index (χ4n) is 1.76. The predicted molar refractivity (Wildman–Crippen MR) is 49.9 cm³/mol. The van der Waals surface area contributed by atoms with Crippen molar-refractivity contribution in [3.05, 3.63) is 0 Å². The van der Waals surface area contributed by atoms with Crippen LogP contribution in [0, 0.1) is 5.92 Å². The van der Waals surface area contributed by atoms with E-state index < -0.39 is 0 Å². The van der Waals surface area contributed by atoms with Crippen LogP contribution in [0.15, 0.2) is 0 Å². The zero-order valence-electron chi connectivity index (χ0n) is 7.71. The molecule has 1 fully saturated rings. The molecule has 0 amide bonds. The van der Waals surface area contributed by atoms with Crippen LogP contribution in [0.1, 0.15) is 19.3 Å². The molecule has 3 nitrogen and oxygen atoms in total. The van der Waals surface area contributed by atoms with Crippen LogP contribution in [-0.4, -0.2) is 42.8 Å². The first-order valence-electron chi connectivity index (χ1n) is 4.90. The molecule has 3 heteroatoms. The van der Waals surface area contributed by atoms with E-state index in [-0.39, 0.29) is 0 Å². The summed E-state index contributed by atoms with van der Waals surface area (Å²) in [5.41, 5.74) is 5.58. The smallest absolute Gasteiger partial charge is 0.0431 e. The standard InChI is InChI=1S/C9H20N2O/c10-7-9-3-5-11(8-9)4-1-2-6-12/h9,12H,1-8,10H2. The second-order valence-electron chi connectivity index (χ2n) is 3.62. The average molecular weight is 172 g/mol. The van der Waals surface area contributed by atoms with Gasteiger partial charge in [-0.3, -0.25) is 0 Å². The Morgan fingerprint density at radius 2 is 2.25 bits per heavy atom. The van der Waals surface area contributed by atoms with Crippen LogP contribution in [0.5, 0.6) is 0 Å². The molecule has 0 radical (unpaired) electrons. The Kier molecular flexibility index (Phi) is 4.58. The zero-order valence-corrected chi connectivity index (χ0v) is 7.71. The molecule has 0 aromatic carbocycles. The molecule has 12 heavy (non-hydrogen) atoms. The lowest BCUT2D eigenvalue weighted by molar-refractivity contribution is 0.261. The van der Waals surface area contributed by atoms with Crippen molar-refractivity contribution in [2.24, 2.45) is 11.7 Å². The Bertz CT molecular complexity index is 119. The number of unbranched alkanes of at least 4 members (excludes halogenated alkanes) is 1. The third-order valence-electron chi connectivity index (χ3n) is 2.59. The van der Waals surface area contributed by atoms with Crippen LogP contribution in [0.2, 0.25) is 0 Å². The van der Waals surface area contributed by atoms with Crippen molar-refractivity contribution < 1.29 is 5.11 Å². The highest BCUT2D eigenvalue weighted by molar-refractivity contribution is 4.75. The maximum Gasteiger partial charge on any atom is 0.0431 e. The Labute approximate surface area is 74.5 Å². The highest BCUT2D eigenvalue weighted by atomic mass is 16.2. The van der Waals surface area contributed by atoms with Gasteiger partial charge in [-0.2, -0.15) is 0 Å². The van der Waals surface area contributed by atoms with Crippen molar-refractivity contribution in [2.45, 2.75) is 19.3 Å². The summed E-state index contributed by atoms with van der Waals surface area (Å²) < 4.78 is 0. The molecule has 0 spiro atoms. The number of aliphatic hydroxyl groups is 1. The van der Waals surface area contributed by atoms with E-state index >= 15 is 0 Å². The van der Waals surface area contributed by atoms with Gasteiger partial charge in [0, 0.05) is 13.2 Å². The van der Waals surface area contributed by atoms with Crippen molar-refractivity contribution in [1.29, 1.82) is 0 Å². The molecule has 1 atom stereocenters. The molecule has 3 N–H and O–H groups in total. The summed E-state index contributed by atoms with van der Waals surface area (Å²) in [6, 6.07) is 0. The summed E-state index contributed by atoms with van der Waals surface area (Å²) >= 11 is 0. The van der Waals surface area contributed by atoms with Crippen LogP contribution >= 0.6 is 0 Å². The van der Waals surface area contributed by atoms with Crippen molar-refractivity contribution >= 4 is 0 Å². The van der Waals surface area contributed by atoms with Gasteiger partial charge in [-0.1, -0.05) is 0 Å². The molecule has 0 bridgehead atoms. The number of aliphatic hydroxyl groups excluding tert-OH is 1. The molecular weight excluding hydrogens is 152 g/mol. The Morgan fingerprint density at radius 1 is 1.42 bits per heavy atom. The van der Waals surface area contributed by atoms with Crippen LogP contribution in [-0.2, 0) is 0 Å². The summed E-state index contributed by atoms with van der Waals surface area (Å²) in [4.78, 5) is 2.45. The first-order valence-corrected chi connectivity index (χ1v) is 4.90. The lowest BCUT2D eigenvalue weighted by Gasteiger charge is -2.14. The molecule has 1 heterocycles. The molecule has 1 rings (SSSR count). The molecular formula is C9H20N2O. The van der Waals surface area contributed by atoms with Gasteiger partial charge in [-0.15, -0.1) is 0 Å². The van der Waals surface area contributed by atoms with Crippen LogP contribution < -0.4 is 5.73 Å². The fourth-order valence-corrected chi connectivity index (χ4v) is 1.76. The van der Waals surface area contributed by atoms with Gasteiger partial charge in [0.25, 0.3) is 0 Å².